The highest BCUT2D eigenvalue weighted by Crippen LogP contribution is 2.30. The molecule has 1 aromatic rings. The van der Waals surface area contributed by atoms with Crippen molar-refractivity contribution in [3.8, 4) is 0 Å². The third-order valence-corrected chi connectivity index (χ3v) is 3.83. The van der Waals surface area contributed by atoms with E-state index in [1.807, 2.05) is 7.05 Å². The zero-order chi connectivity index (χ0) is 15.3. The van der Waals surface area contributed by atoms with Crippen molar-refractivity contribution in [2.45, 2.75) is 12.6 Å². The van der Waals surface area contributed by atoms with E-state index in [1.54, 1.807) is 12.1 Å². The van der Waals surface area contributed by atoms with Gasteiger partial charge >= 0.3 is 6.18 Å². The second-order valence-electron chi connectivity index (χ2n) is 5.33. The summed E-state index contributed by atoms with van der Waals surface area (Å²) in [5.41, 5.74) is 0.287. The van der Waals surface area contributed by atoms with Crippen LogP contribution in [0.15, 0.2) is 24.3 Å². The summed E-state index contributed by atoms with van der Waals surface area (Å²) in [5, 5.41) is 3.13. The Bertz CT molecular complexity index is 423. The molecule has 1 aliphatic rings. The molecular formula is C15H22F3N3. The van der Waals surface area contributed by atoms with Gasteiger partial charge in [-0.05, 0) is 50.8 Å². The Morgan fingerprint density at radius 1 is 1.05 bits per heavy atom. The normalized spacial score (nSPS) is 17.2. The molecule has 1 N–H and O–H groups in total. The third kappa shape index (κ3) is 4.61. The summed E-state index contributed by atoms with van der Waals surface area (Å²) < 4.78 is 37.6. The fourth-order valence-electron chi connectivity index (χ4n) is 2.57. The quantitative estimate of drug-likeness (QED) is 0.843. The van der Waals surface area contributed by atoms with Gasteiger partial charge in [-0.2, -0.15) is 13.2 Å². The van der Waals surface area contributed by atoms with Crippen LogP contribution in [-0.2, 0) is 6.18 Å². The van der Waals surface area contributed by atoms with Gasteiger partial charge in [-0.3, -0.25) is 4.90 Å². The summed E-state index contributed by atoms with van der Waals surface area (Å²) in [7, 11) is 1.95. The molecule has 6 heteroatoms. The van der Waals surface area contributed by atoms with E-state index in [-0.39, 0.29) is 0 Å². The summed E-state index contributed by atoms with van der Waals surface area (Å²) in [6.45, 7) is 5.74. The molecule has 1 aromatic carbocycles. The lowest BCUT2D eigenvalue weighted by molar-refractivity contribution is -0.137. The molecule has 2 rings (SSSR count). The number of rotatable bonds is 5. The number of halogens is 3. The van der Waals surface area contributed by atoms with Crippen LogP contribution in [0.3, 0.4) is 0 Å². The Balaban J connectivity index is 1.85. The van der Waals surface area contributed by atoms with Crippen LogP contribution in [0.4, 0.5) is 18.9 Å². The van der Waals surface area contributed by atoms with Gasteiger partial charge in [-0.15, -0.1) is 0 Å². The Hall–Kier alpha value is -1.27. The van der Waals surface area contributed by atoms with E-state index >= 15 is 0 Å². The summed E-state index contributed by atoms with van der Waals surface area (Å²) >= 11 is 0. The van der Waals surface area contributed by atoms with Crippen LogP contribution in [-0.4, -0.2) is 51.2 Å². The number of alkyl halides is 3. The monoisotopic (exact) mass is 301 g/mol. The average Bonchev–Trinajstić information content (AvgIpc) is 2.48. The van der Waals surface area contributed by atoms with Gasteiger partial charge in [0.15, 0.2) is 0 Å². The first-order valence-corrected chi connectivity index (χ1v) is 7.30. The van der Waals surface area contributed by atoms with Crippen LogP contribution >= 0.6 is 0 Å². The van der Waals surface area contributed by atoms with Gasteiger partial charge in [0, 0.05) is 31.9 Å². The molecule has 0 aromatic heterocycles. The second-order valence-corrected chi connectivity index (χ2v) is 5.33. The Labute approximate surface area is 123 Å². The van der Waals surface area contributed by atoms with E-state index < -0.39 is 11.7 Å². The molecule has 3 nitrogen and oxygen atoms in total. The van der Waals surface area contributed by atoms with Gasteiger partial charge in [0.1, 0.15) is 0 Å². The number of benzene rings is 1. The van der Waals surface area contributed by atoms with Crippen molar-refractivity contribution in [1.29, 1.82) is 0 Å². The molecule has 0 unspecified atom stereocenters. The van der Waals surface area contributed by atoms with Crippen molar-refractivity contribution in [3.63, 3.8) is 0 Å². The third-order valence-electron chi connectivity index (χ3n) is 3.83. The molecule has 1 saturated heterocycles. The lowest BCUT2D eigenvalue weighted by Gasteiger charge is -2.36. The number of hydrogen-bond donors (Lipinski definition) is 1. The highest BCUT2D eigenvalue weighted by molar-refractivity contribution is 5.48. The van der Waals surface area contributed by atoms with E-state index in [1.165, 1.54) is 0 Å². The van der Waals surface area contributed by atoms with Crippen molar-refractivity contribution in [3.05, 3.63) is 29.8 Å². The van der Waals surface area contributed by atoms with E-state index in [2.05, 4.69) is 15.1 Å². The number of hydrogen-bond acceptors (Lipinski definition) is 3. The van der Waals surface area contributed by atoms with E-state index in [4.69, 9.17) is 0 Å². The van der Waals surface area contributed by atoms with Crippen LogP contribution in [0.5, 0.6) is 0 Å². The molecular weight excluding hydrogens is 279 g/mol. The summed E-state index contributed by atoms with van der Waals surface area (Å²) in [4.78, 5) is 4.55. The second kappa shape index (κ2) is 7.13. The van der Waals surface area contributed by atoms with Gasteiger partial charge in [-0.25, -0.2) is 0 Å². The van der Waals surface area contributed by atoms with Gasteiger partial charge in [0.25, 0.3) is 0 Å². The number of nitrogens with one attached hydrogen (secondary N) is 1. The largest absolute Gasteiger partial charge is 0.416 e. The van der Waals surface area contributed by atoms with Gasteiger partial charge in [0.2, 0.25) is 0 Å². The van der Waals surface area contributed by atoms with Crippen LogP contribution in [0.25, 0.3) is 0 Å². The molecule has 1 aliphatic heterocycles. The average molecular weight is 301 g/mol. The molecule has 1 fully saturated rings. The molecule has 0 amide bonds. The maximum Gasteiger partial charge on any atom is 0.416 e. The number of nitrogens with zero attached hydrogens (tertiary/aromatic N) is 2. The first kappa shape index (κ1) is 16.1. The zero-order valence-electron chi connectivity index (χ0n) is 12.3. The Morgan fingerprint density at radius 2 is 1.67 bits per heavy atom. The van der Waals surface area contributed by atoms with Gasteiger partial charge in [0.05, 0.1) is 5.56 Å². The first-order valence-electron chi connectivity index (χ1n) is 7.30. The maximum atomic E-state index is 12.5. The Kier molecular flexibility index (Phi) is 5.47. The molecule has 118 valence electrons. The van der Waals surface area contributed by atoms with Crippen molar-refractivity contribution in [2.75, 3.05) is 51.2 Å². The minimum absolute atomic E-state index is 0.586. The lowest BCUT2D eigenvalue weighted by atomic mass is 10.1. The van der Waals surface area contributed by atoms with E-state index in [0.29, 0.717) is 0 Å². The summed E-state index contributed by atoms with van der Waals surface area (Å²) in [6, 6.07) is 5.46. The molecule has 0 atom stereocenters. The summed E-state index contributed by atoms with van der Waals surface area (Å²) in [5.74, 6) is 0. The molecule has 0 saturated carbocycles. The zero-order valence-corrected chi connectivity index (χ0v) is 12.3. The van der Waals surface area contributed by atoms with E-state index in [9.17, 15) is 13.2 Å². The minimum Gasteiger partial charge on any atom is -0.369 e. The fourth-order valence-corrected chi connectivity index (χ4v) is 2.57. The highest BCUT2D eigenvalue weighted by Gasteiger charge is 2.30. The van der Waals surface area contributed by atoms with Crippen molar-refractivity contribution in [1.82, 2.24) is 10.2 Å². The van der Waals surface area contributed by atoms with Crippen molar-refractivity contribution < 1.29 is 13.2 Å². The van der Waals surface area contributed by atoms with Gasteiger partial charge < -0.3 is 10.2 Å². The first-order chi connectivity index (χ1) is 10.0. The van der Waals surface area contributed by atoms with Crippen molar-refractivity contribution >= 4 is 5.69 Å². The SMILES string of the molecule is CNCCCN1CCN(c2ccc(C(F)(F)F)cc2)CC1. The van der Waals surface area contributed by atoms with Crippen LogP contribution in [0, 0.1) is 0 Å². The molecule has 1 heterocycles. The topological polar surface area (TPSA) is 18.5 Å². The molecule has 0 spiro atoms. The Morgan fingerprint density at radius 3 is 2.19 bits per heavy atom. The van der Waals surface area contributed by atoms with Crippen molar-refractivity contribution in [2.24, 2.45) is 0 Å². The van der Waals surface area contributed by atoms with E-state index in [0.717, 1.165) is 63.5 Å². The molecule has 21 heavy (non-hydrogen) atoms. The number of piperazine rings is 1. The predicted molar refractivity (Wildman–Crippen MR) is 78.6 cm³/mol. The highest BCUT2D eigenvalue weighted by atomic mass is 19.4. The lowest BCUT2D eigenvalue weighted by Crippen LogP contribution is -2.46. The molecule has 0 aliphatic carbocycles. The summed E-state index contributed by atoms with van der Waals surface area (Å²) in [6.07, 6.45) is -3.14. The van der Waals surface area contributed by atoms with Crippen LogP contribution < -0.4 is 10.2 Å². The standard InChI is InChI=1S/C15H22F3N3/c1-19-7-2-8-20-9-11-21(12-10-20)14-5-3-13(4-6-14)15(16,17)18/h3-6,19H,2,7-12H2,1H3. The van der Waals surface area contributed by atoms with Crippen LogP contribution in [0.2, 0.25) is 0 Å². The molecule has 0 radical (unpaired) electrons. The smallest absolute Gasteiger partial charge is 0.369 e. The van der Waals surface area contributed by atoms with Gasteiger partial charge in [-0.1, -0.05) is 0 Å². The number of anilines is 1. The maximum absolute atomic E-state index is 12.5. The molecule has 0 bridgehead atoms. The van der Waals surface area contributed by atoms with Crippen LogP contribution in [0.1, 0.15) is 12.0 Å². The predicted octanol–water partition coefficient (Wildman–Crippen LogP) is 2.44. The minimum atomic E-state index is -4.26. The fraction of sp³-hybridized carbons (Fsp3) is 0.600.